The first kappa shape index (κ1) is 25.4. The lowest BCUT2D eigenvalue weighted by molar-refractivity contribution is -0.841. The monoisotopic (exact) mass is 446 g/mol. The predicted molar refractivity (Wildman–Crippen MR) is 129 cm³/mol. The molecule has 0 saturated carbocycles. The first-order valence-electron chi connectivity index (χ1n) is 11.5. The van der Waals surface area contributed by atoms with Crippen molar-refractivity contribution in [2.45, 2.75) is 52.9 Å². The summed E-state index contributed by atoms with van der Waals surface area (Å²) >= 11 is 0. The summed E-state index contributed by atoms with van der Waals surface area (Å²) in [4.78, 5) is 3.67. The smallest absolute Gasteiger partial charge is 0.101 e. The van der Waals surface area contributed by atoms with Crippen LogP contribution in [0, 0.1) is 0 Å². The van der Waals surface area contributed by atoms with Crippen LogP contribution >= 0.6 is 0 Å². The molecule has 1 aliphatic heterocycles. The summed E-state index contributed by atoms with van der Waals surface area (Å²) in [5.74, 6) is -0.288. The summed E-state index contributed by atoms with van der Waals surface area (Å²) in [7, 11) is -4.12. The van der Waals surface area contributed by atoms with E-state index in [0.717, 1.165) is 19.6 Å². The fraction of sp³-hybridized carbons (Fsp3) is 0.520. The predicted octanol–water partition coefficient (Wildman–Crippen LogP) is 3.77. The minimum absolute atomic E-state index is 0.288. The average Bonchev–Trinajstić information content (AvgIpc) is 2.74. The number of hydrogen-bond acceptors (Lipinski definition) is 4. The first-order valence-corrected chi connectivity index (χ1v) is 13.1. The van der Waals surface area contributed by atoms with Crippen LogP contribution in [0.1, 0.15) is 58.4 Å². The second kappa shape index (κ2) is 12.8. The molecule has 0 radical (unpaired) electrons. The molecule has 2 rings (SSSR count). The van der Waals surface area contributed by atoms with E-state index in [-0.39, 0.29) is 5.75 Å². The lowest BCUT2D eigenvalue weighted by atomic mass is 10.0. The van der Waals surface area contributed by atoms with Gasteiger partial charge in [-0.2, -0.15) is 0 Å². The van der Waals surface area contributed by atoms with Gasteiger partial charge in [-0.05, 0) is 60.8 Å². The van der Waals surface area contributed by atoms with Gasteiger partial charge in [0.15, 0.2) is 0 Å². The molecule has 0 saturated heterocycles. The minimum Gasteiger partial charge on any atom is -0.748 e. The molecule has 0 fully saturated rings. The Kier molecular flexibility index (Phi) is 10.5. The van der Waals surface area contributed by atoms with Gasteiger partial charge in [0.2, 0.25) is 0 Å². The van der Waals surface area contributed by atoms with Crippen LogP contribution in [0.2, 0.25) is 0 Å². The van der Waals surface area contributed by atoms with Crippen LogP contribution in [0.25, 0.3) is 6.08 Å². The van der Waals surface area contributed by atoms with Crippen LogP contribution in [-0.4, -0.2) is 44.9 Å². The largest absolute Gasteiger partial charge is 0.748 e. The second-order valence-corrected chi connectivity index (χ2v) is 9.86. The van der Waals surface area contributed by atoms with Crippen molar-refractivity contribution in [2.24, 2.45) is 0 Å². The van der Waals surface area contributed by atoms with Crippen LogP contribution in [0.3, 0.4) is 0 Å². The van der Waals surface area contributed by atoms with E-state index in [9.17, 15) is 13.0 Å². The Labute approximate surface area is 188 Å². The zero-order chi connectivity index (χ0) is 22.7. The Morgan fingerprint density at radius 3 is 2.26 bits per heavy atom. The Bertz CT molecular complexity index is 863. The Hall–Kier alpha value is -1.89. The number of benzene rings is 1. The highest BCUT2D eigenvalue weighted by atomic mass is 32.2. The Morgan fingerprint density at radius 2 is 1.74 bits per heavy atom. The molecule has 0 aliphatic carbocycles. The number of hydrogen-bond donors (Lipinski definition) is 1. The standard InChI is InChI=1S/C25H38N2O3S/c1-4-6-16-27(17-7-5-2)25-11-9-23(10-12-25)21-22(3)24-13-18-26(19-14-24)15-8-20-31(28,29)30/h9-14,18,21H,4-8,15-17,19-20H2,1-3H3,(H,28,29,30)/b22-21+. The maximum Gasteiger partial charge on any atom is 0.101 e. The molecule has 1 aromatic carbocycles. The average molecular weight is 447 g/mol. The van der Waals surface area contributed by atoms with Gasteiger partial charge in [0.1, 0.15) is 6.54 Å². The van der Waals surface area contributed by atoms with Crippen LogP contribution in [0.5, 0.6) is 0 Å². The molecule has 0 amide bonds. The van der Waals surface area contributed by atoms with Gasteiger partial charge in [-0.25, -0.2) is 8.42 Å². The Balaban J connectivity index is 1.95. The summed E-state index contributed by atoms with van der Waals surface area (Å²) in [5, 5.41) is 0. The van der Waals surface area contributed by atoms with E-state index in [1.165, 1.54) is 53.0 Å². The molecule has 5 nitrogen and oxygen atoms in total. The van der Waals surface area contributed by atoms with Gasteiger partial charge >= 0.3 is 0 Å². The number of unbranched alkanes of at least 4 members (excludes halogenated alkanes) is 2. The van der Waals surface area contributed by atoms with E-state index in [0.29, 0.717) is 13.0 Å². The zero-order valence-electron chi connectivity index (χ0n) is 19.3. The van der Waals surface area contributed by atoms with Gasteiger partial charge in [-0.1, -0.05) is 44.9 Å². The molecule has 1 heterocycles. The summed E-state index contributed by atoms with van der Waals surface area (Å²) in [6, 6.07) is 8.84. The number of anilines is 1. The summed E-state index contributed by atoms with van der Waals surface area (Å²) in [6.07, 6.45) is 13.8. The highest BCUT2D eigenvalue weighted by molar-refractivity contribution is 7.85. The third-order valence-corrected chi connectivity index (χ3v) is 6.42. The SMILES string of the molecule is CCCCN(CCCC)c1ccc(/C=C(\C)C2=CC[NH+](CCCS(=O)(=O)[O-])C=C2)cc1. The molecule has 0 spiro atoms. The maximum absolute atomic E-state index is 10.7. The third kappa shape index (κ3) is 9.42. The van der Waals surface area contributed by atoms with Crippen LogP contribution < -0.4 is 9.80 Å². The molecule has 172 valence electrons. The van der Waals surface area contributed by atoms with Crippen LogP contribution in [0.15, 0.2) is 53.8 Å². The first-order chi connectivity index (χ1) is 14.8. The van der Waals surface area contributed by atoms with Gasteiger partial charge in [0, 0.05) is 31.0 Å². The van der Waals surface area contributed by atoms with Gasteiger partial charge < -0.3 is 14.4 Å². The Morgan fingerprint density at radius 1 is 1.10 bits per heavy atom. The molecule has 1 aliphatic rings. The molecular weight excluding hydrogens is 408 g/mol. The van der Waals surface area contributed by atoms with Gasteiger partial charge in [0.05, 0.1) is 22.9 Å². The number of nitrogens with zero attached hydrogens (tertiary/aromatic N) is 1. The molecule has 1 unspecified atom stereocenters. The van der Waals surface area contributed by atoms with Crippen molar-refractivity contribution in [3.8, 4) is 0 Å². The van der Waals surface area contributed by atoms with Crippen LogP contribution in [-0.2, 0) is 10.1 Å². The molecular formula is C25H38N2O3S. The fourth-order valence-corrected chi connectivity index (χ4v) is 4.22. The van der Waals surface area contributed by atoms with Crippen molar-refractivity contribution < 1.29 is 17.9 Å². The van der Waals surface area contributed by atoms with E-state index < -0.39 is 10.1 Å². The summed E-state index contributed by atoms with van der Waals surface area (Å²) in [6.45, 7) is 10.3. The summed E-state index contributed by atoms with van der Waals surface area (Å²) < 4.78 is 32.2. The van der Waals surface area contributed by atoms with Gasteiger partial charge in [-0.3, -0.25) is 0 Å². The van der Waals surface area contributed by atoms with Crippen molar-refractivity contribution in [3.05, 3.63) is 59.3 Å². The number of rotatable bonds is 13. The van der Waals surface area contributed by atoms with E-state index in [4.69, 9.17) is 0 Å². The molecule has 6 heteroatoms. The molecule has 0 aromatic heterocycles. The fourth-order valence-electron chi connectivity index (χ4n) is 3.72. The van der Waals surface area contributed by atoms with Gasteiger partial charge in [-0.15, -0.1) is 0 Å². The third-order valence-electron chi connectivity index (χ3n) is 5.63. The minimum atomic E-state index is -4.12. The number of allylic oxidation sites excluding steroid dienone is 3. The molecule has 0 bridgehead atoms. The van der Waals surface area contributed by atoms with Gasteiger partial charge in [0.25, 0.3) is 0 Å². The second-order valence-electron chi connectivity index (χ2n) is 8.33. The van der Waals surface area contributed by atoms with Crippen molar-refractivity contribution in [2.75, 3.05) is 36.8 Å². The van der Waals surface area contributed by atoms with Crippen molar-refractivity contribution in [3.63, 3.8) is 0 Å². The van der Waals surface area contributed by atoms with E-state index in [1.54, 1.807) is 0 Å². The lowest BCUT2D eigenvalue weighted by Crippen LogP contribution is -3.07. The lowest BCUT2D eigenvalue weighted by Gasteiger charge is -2.24. The quantitative estimate of drug-likeness (QED) is 0.469. The number of nitrogens with one attached hydrogen (secondary N) is 1. The maximum atomic E-state index is 10.7. The topological polar surface area (TPSA) is 64.9 Å². The van der Waals surface area contributed by atoms with Crippen molar-refractivity contribution in [1.82, 2.24) is 0 Å². The molecule has 1 atom stereocenters. The number of quaternary nitrogens is 1. The molecule has 1 aromatic rings. The van der Waals surface area contributed by atoms with E-state index >= 15 is 0 Å². The highest BCUT2D eigenvalue weighted by Crippen LogP contribution is 2.20. The highest BCUT2D eigenvalue weighted by Gasteiger charge is 2.11. The van der Waals surface area contributed by atoms with Crippen LogP contribution in [0.4, 0.5) is 5.69 Å². The molecule has 31 heavy (non-hydrogen) atoms. The van der Waals surface area contributed by atoms with Crippen molar-refractivity contribution >= 4 is 21.9 Å². The normalized spacial score (nSPS) is 17.0. The van der Waals surface area contributed by atoms with E-state index in [2.05, 4.69) is 74.4 Å². The van der Waals surface area contributed by atoms with E-state index in [1.807, 2.05) is 0 Å². The molecule has 1 N–H and O–H groups in total. The van der Waals surface area contributed by atoms with Crippen molar-refractivity contribution in [1.29, 1.82) is 0 Å². The summed E-state index contributed by atoms with van der Waals surface area (Å²) in [5.41, 5.74) is 4.89. The zero-order valence-corrected chi connectivity index (χ0v) is 20.1.